The molecule has 0 bridgehead atoms. The summed E-state index contributed by atoms with van der Waals surface area (Å²) < 4.78 is 0. The second-order valence-electron chi connectivity index (χ2n) is 3.69. The SMILES string of the molecule is CCN(CC)CCC(=O)Cc1nnn(C)n1. The van der Waals surface area contributed by atoms with Crippen LogP contribution in [0.3, 0.4) is 0 Å². The molecule has 1 aromatic rings. The third-order valence-electron chi connectivity index (χ3n) is 2.51. The molecule has 6 heteroatoms. The molecule has 0 aliphatic heterocycles. The van der Waals surface area contributed by atoms with Crippen LogP contribution in [0.15, 0.2) is 0 Å². The number of aromatic nitrogens is 4. The van der Waals surface area contributed by atoms with Gasteiger partial charge in [0.1, 0.15) is 5.78 Å². The number of carbonyl (C=O) groups is 1. The fourth-order valence-electron chi connectivity index (χ4n) is 1.48. The quantitative estimate of drug-likeness (QED) is 0.656. The van der Waals surface area contributed by atoms with E-state index >= 15 is 0 Å². The van der Waals surface area contributed by atoms with E-state index in [4.69, 9.17) is 0 Å². The smallest absolute Gasteiger partial charge is 0.182 e. The minimum Gasteiger partial charge on any atom is -0.303 e. The van der Waals surface area contributed by atoms with Gasteiger partial charge in [0.2, 0.25) is 0 Å². The van der Waals surface area contributed by atoms with Gasteiger partial charge in [-0.2, -0.15) is 4.80 Å². The third-order valence-corrected chi connectivity index (χ3v) is 2.51. The van der Waals surface area contributed by atoms with Crippen molar-refractivity contribution in [3.63, 3.8) is 0 Å². The van der Waals surface area contributed by atoms with Gasteiger partial charge in [0.05, 0.1) is 13.5 Å². The van der Waals surface area contributed by atoms with Crippen molar-refractivity contribution >= 4 is 5.78 Å². The number of nitrogens with zero attached hydrogens (tertiary/aromatic N) is 5. The average molecular weight is 225 g/mol. The summed E-state index contributed by atoms with van der Waals surface area (Å²) in [4.78, 5) is 15.2. The van der Waals surface area contributed by atoms with Crippen molar-refractivity contribution in [1.82, 2.24) is 25.1 Å². The lowest BCUT2D eigenvalue weighted by Gasteiger charge is -2.16. The fraction of sp³-hybridized carbons (Fsp3) is 0.800. The second kappa shape index (κ2) is 6.32. The lowest BCUT2D eigenvalue weighted by Crippen LogP contribution is -2.26. The summed E-state index contributed by atoms with van der Waals surface area (Å²) in [7, 11) is 1.69. The first-order valence-electron chi connectivity index (χ1n) is 5.62. The van der Waals surface area contributed by atoms with E-state index in [1.54, 1.807) is 7.05 Å². The third kappa shape index (κ3) is 4.06. The zero-order valence-electron chi connectivity index (χ0n) is 10.2. The Morgan fingerprint density at radius 3 is 2.56 bits per heavy atom. The van der Waals surface area contributed by atoms with Crippen LogP contribution in [0, 0.1) is 0 Å². The maximum Gasteiger partial charge on any atom is 0.182 e. The van der Waals surface area contributed by atoms with E-state index in [-0.39, 0.29) is 12.2 Å². The molecule has 0 aliphatic rings. The molecule has 0 aliphatic carbocycles. The van der Waals surface area contributed by atoms with Crippen molar-refractivity contribution in [3.8, 4) is 0 Å². The molecule has 0 unspecified atom stereocenters. The molecule has 0 saturated heterocycles. The minimum absolute atomic E-state index is 0.167. The molecule has 0 spiro atoms. The van der Waals surface area contributed by atoms with Crippen LogP contribution in [0.5, 0.6) is 0 Å². The van der Waals surface area contributed by atoms with Gasteiger partial charge in [-0.05, 0) is 18.3 Å². The number of aryl methyl sites for hydroxylation is 1. The number of hydrogen-bond acceptors (Lipinski definition) is 5. The Morgan fingerprint density at radius 2 is 2.06 bits per heavy atom. The van der Waals surface area contributed by atoms with Gasteiger partial charge < -0.3 is 4.90 Å². The molecule has 1 rings (SSSR count). The monoisotopic (exact) mass is 225 g/mol. The zero-order valence-corrected chi connectivity index (χ0v) is 10.2. The van der Waals surface area contributed by atoms with Crippen molar-refractivity contribution < 1.29 is 4.79 Å². The molecular weight excluding hydrogens is 206 g/mol. The molecule has 1 aromatic heterocycles. The normalized spacial score (nSPS) is 11.0. The first-order chi connectivity index (χ1) is 7.65. The van der Waals surface area contributed by atoms with Crippen LogP contribution >= 0.6 is 0 Å². The van der Waals surface area contributed by atoms with Crippen molar-refractivity contribution in [2.75, 3.05) is 19.6 Å². The highest BCUT2D eigenvalue weighted by Crippen LogP contribution is 1.96. The molecule has 0 N–H and O–H groups in total. The van der Waals surface area contributed by atoms with E-state index < -0.39 is 0 Å². The predicted molar refractivity (Wildman–Crippen MR) is 59.9 cm³/mol. The van der Waals surface area contributed by atoms with Crippen molar-refractivity contribution in [1.29, 1.82) is 0 Å². The van der Waals surface area contributed by atoms with Crippen LogP contribution in [-0.4, -0.2) is 50.5 Å². The summed E-state index contributed by atoms with van der Waals surface area (Å²) in [5, 5.41) is 11.5. The molecule has 90 valence electrons. The Kier molecular flexibility index (Phi) is 5.04. The molecule has 16 heavy (non-hydrogen) atoms. The van der Waals surface area contributed by atoms with Crippen molar-refractivity contribution in [2.45, 2.75) is 26.7 Å². The Labute approximate surface area is 95.6 Å². The molecule has 0 atom stereocenters. The number of carbonyl (C=O) groups excluding carboxylic acids is 1. The van der Waals surface area contributed by atoms with Gasteiger partial charge in [-0.15, -0.1) is 10.2 Å². The first-order valence-corrected chi connectivity index (χ1v) is 5.62. The van der Waals surface area contributed by atoms with Gasteiger partial charge in [-0.1, -0.05) is 13.8 Å². The number of tetrazole rings is 1. The van der Waals surface area contributed by atoms with Gasteiger partial charge >= 0.3 is 0 Å². The lowest BCUT2D eigenvalue weighted by atomic mass is 10.2. The van der Waals surface area contributed by atoms with Crippen LogP contribution < -0.4 is 0 Å². The van der Waals surface area contributed by atoms with Gasteiger partial charge in [0, 0.05) is 13.0 Å². The maximum absolute atomic E-state index is 11.6. The van der Waals surface area contributed by atoms with E-state index in [9.17, 15) is 4.79 Å². The second-order valence-corrected chi connectivity index (χ2v) is 3.69. The summed E-state index contributed by atoms with van der Waals surface area (Å²) in [6.45, 7) is 6.96. The van der Waals surface area contributed by atoms with E-state index in [2.05, 4.69) is 34.2 Å². The summed E-state index contributed by atoms with van der Waals surface area (Å²) in [5.41, 5.74) is 0. The molecule has 0 saturated carbocycles. The lowest BCUT2D eigenvalue weighted by molar-refractivity contribution is -0.118. The van der Waals surface area contributed by atoms with Crippen molar-refractivity contribution in [2.24, 2.45) is 7.05 Å². The first kappa shape index (κ1) is 12.8. The molecular formula is C10H19N5O. The highest BCUT2D eigenvalue weighted by Gasteiger charge is 2.09. The van der Waals surface area contributed by atoms with Crippen LogP contribution in [0.25, 0.3) is 0 Å². The molecule has 0 amide bonds. The van der Waals surface area contributed by atoms with E-state index in [0.717, 1.165) is 19.6 Å². The van der Waals surface area contributed by atoms with Gasteiger partial charge in [-0.3, -0.25) is 4.79 Å². The molecule has 1 heterocycles. The summed E-state index contributed by atoms with van der Waals surface area (Å²) in [6, 6.07) is 0. The Bertz CT molecular complexity index is 332. The molecule has 6 nitrogen and oxygen atoms in total. The van der Waals surface area contributed by atoms with Gasteiger partial charge in [0.25, 0.3) is 0 Å². The largest absolute Gasteiger partial charge is 0.303 e. The highest BCUT2D eigenvalue weighted by molar-refractivity contribution is 5.80. The zero-order chi connectivity index (χ0) is 12.0. The topological polar surface area (TPSA) is 63.9 Å². The van der Waals surface area contributed by atoms with Gasteiger partial charge in [-0.25, -0.2) is 0 Å². The Hall–Kier alpha value is -1.30. The number of Topliss-reactive ketones (excluding diaryl/α,β-unsaturated/α-hetero) is 1. The van der Waals surface area contributed by atoms with Crippen LogP contribution in [0.4, 0.5) is 0 Å². The van der Waals surface area contributed by atoms with E-state index in [1.165, 1.54) is 4.80 Å². The molecule has 0 fully saturated rings. The van der Waals surface area contributed by atoms with Crippen LogP contribution in [0.2, 0.25) is 0 Å². The summed E-state index contributed by atoms with van der Waals surface area (Å²) in [5.74, 6) is 0.673. The van der Waals surface area contributed by atoms with E-state index in [0.29, 0.717) is 12.2 Å². The van der Waals surface area contributed by atoms with Crippen LogP contribution in [-0.2, 0) is 18.3 Å². The molecule has 0 radical (unpaired) electrons. The number of ketones is 1. The Balaban J connectivity index is 2.31. The molecule has 0 aromatic carbocycles. The number of rotatable bonds is 7. The Morgan fingerprint density at radius 1 is 1.38 bits per heavy atom. The summed E-state index contributed by atoms with van der Waals surface area (Å²) in [6.07, 6.45) is 0.842. The highest BCUT2D eigenvalue weighted by atomic mass is 16.1. The fourth-order valence-corrected chi connectivity index (χ4v) is 1.48. The van der Waals surface area contributed by atoms with Crippen molar-refractivity contribution in [3.05, 3.63) is 5.82 Å². The van der Waals surface area contributed by atoms with E-state index in [1.807, 2.05) is 0 Å². The van der Waals surface area contributed by atoms with Crippen LogP contribution in [0.1, 0.15) is 26.1 Å². The summed E-state index contributed by atoms with van der Waals surface area (Å²) >= 11 is 0. The minimum atomic E-state index is 0.167. The number of hydrogen-bond donors (Lipinski definition) is 0. The standard InChI is InChI=1S/C10H19N5O/c1-4-15(5-2)7-6-9(16)8-10-11-13-14(3)12-10/h4-8H2,1-3H3. The average Bonchev–Trinajstić information content (AvgIpc) is 2.65. The predicted octanol–water partition coefficient (Wildman–Crippen LogP) is 0.0536. The van der Waals surface area contributed by atoms with Gasteiger partial charge in [0.15, 0.2) is 5.82 Å². The maximum atomic E-state index is 11.6.